The zero-order valence-electron chi connectivity index (χ0n) is 25.9. The van der Waals surface area contributed by atoms with Crippen LogP contribution in [-0.4, -0.2) is 61.7 Å². The number of aromatic nitrogens is 3. The molecule has 2 aliphatic carbocycles. The minimum absolute atomic E-state index is 0.0159. The fraction of sp³-hybridized carbons (Fsp3) is 0.471. The Morgan fingerprint density at radius 2 is 1.89 bits per heavy atom. The van der Waals surface area contributed by atoms with Gasteiger partial charge in [-0.25, -0.2) is 18.6 Å². The molecule has 4 aromatic rings. The van der Waals surface area contributed by atoms with Crippen molar-refractivity contribution < 1.29 is 23.4 Å². The number of carboxylic acids is 1. The van der Waals surface area contributed by atoms with E-state index in [0.717, 1.165) is 22.4 Å². The second kappa shape index (κ2) is 11.4. The van der Waals surface area contributed by atoms with Crippen LogP contribution < -0.4 is 10.3 Å². The summed E-state index contributed by atoms with van der Waals surface area (Å²) in [5, 5.41) is 11.8. The molecule has 0 bridgehead atoms. The minimum atomic E-state index is -2.55. The monoisotopic (exact) mass is 668 g/mol. The van der Waals surface area contributed by atoms with E-state index in [1.807, 2.05) is 19.9 Å². The van der Waals surface area contributed by atoms with Crippen LogP contribution in [0.25, 0.3) is 21.3 Å². The third kappa shape index (κ3) is 5.50. The van der Waals surface area contributed by atoms with Crippen molar-refractivity contribution in [3.8, 4) is 16.9 Å². The maximum Gasteiger partial charge on any atom is 0.338 e. The highest BCUT2D eigenvalue weighted by Crippen LogP contribution is 2.49. The van der Waals surface area contributed by atoms with Crippen molar-refractivity contribution in [3.63, 3.8) is 0 Å². The van der Waals surface area contributed by atoms with Gasteiger partial charge in [0.1, 0.15) is 18.2 Å². The number of alkyl halides is 2. The van der Waals surface area contributed by atoms with Crippen molar-refractivity contribution in [1.29, 1.82) is 0 Å². The molecule has 46 heavy (non-hydrogen) atoms. The molecule has 1 saturated heterocycles. The molecule has 0 spiro atoms. The van der Waals surface area contributed by atoms with Crippen molar-refractivity contribution >= 4 is 39.1 Å². The average Bonchev–Trinajstić information content (AvgIpc) is 3.67. The van der Waals surface area contributed by atoms with E-state index in [2.05, 4.69) is 16.8 Å². The molecule has 8 nitrogen and oxygen atoms in total. The molecule has 1 aromatic carbocycles. The van der Waals surface area contributed by atoms with Crippen molar-refractivity contribution in [3.05, 3.63) is 73.4 Å². The first-order valence-electron chi connectivity index (χ1n) is 15.6. The van der Waals surface area contributed by atoms with Gasteiger partial charge >= 0.3 is 5.97 Å². The number of thiophene rings is 1. The third-order valence-corrected chi connectivity index (χ3v) is 11.4. The van der Waals surface area contributed by atoms with Crippen molar-refractivity contribution in [1.82, 2.24) is 19.4 Å². The Morgan fingerprint density at radius 3 is 2.61 bits per heavy atom. The zero-order valence-corrected chi connectivity index (χ0v) is 27.5. The number of fused-ring (bicyclic) bond motifs is 3. The lowest BCUT2D eigenvalue weighted by molar-refractivity contribution is -0.00860. The van der Waals surface area contributed by atoms with Gasteiger partial charge in [0.25, 0.3) is 5.56 Å². The number of nitrogens with zero attached hydrogens (tertiary/aromatic N) is 4. The number of carbonyl (C=O) groups is 1. The summed E-state index contributed by atoms with van der Waals surface area (Å²) in [4.78, 5) is 37.4. The summed E-state index contributed by atoms with van der Waals surface area (Å²) in [7, 11) is 0. The van der Waals surface area contributed by atoms with Crippen LogP contribution in [0.5, 0.6) is 5.75 Å². The van der Waals surface area contributed by atoms with E-state index in [4.69, 9.17) is 21.3 Å². The van der Waals surface area contributed by atoms with E-state index in [1.165, 1.54) is 11.3 Å². The molecule has 3 aliphatic rings. The number of pyridine rings is 1. The standard InChI is InChI=1S/C34H35ClF2N4O4S/c1-18-10-24(30-29(38-18)26(17-46-30)32(43)44)23-11-22(35)4-5-28(23)45-9-8-41-19(2)39-27-6-7-33(3,14-25(27)31(41)42)40-15-20-12-34(36,37)13-21(20)16-40/h4-5,10-11,17,20-21H,6-9,12-16H2,1-3H3,(H,43,44)/t20-,21+,33-/m1/s1. The Balaban J connectivity index is 1.12. The van der Waals surface area contributed by atoms with Gasteiger partial charge in [0.05, 0.1) is 28.0 Å². The lowest BCUT2D eigenvalue weighted by atomic mass is 9.80. The summed E-state index contributed by atoms with van der Waals surface area (Å²) in [6.07, 6.45) is 2.00. The molecule has 3 aromatic heterocycles. The highest BCUT2D eigenvalue weighted by molar-refractivity contribution is 7.18. The van der Waals surface area contributed by atoms with Crippen molar-refractivity contribution in [2.45, 2.75) is 70.9 Å². The van der Waals surface area contributed by atoms with Crippen LogP contribution >= 0.6 is 22.9 Å². The number of likely N-dealkylation sites (tertiary alicyclic amines) is 1. The van der Waals surface area contributed by atoms with E-state index in [0.29, 0.717) is 64.9 Å². The van der Waals surface area contributed by atoms with Crippen LogP contribution in [-0.2, 0) is 19.4 Å². The Labute approximate surface area is 274 Å². The van der Waals surface area contributed by atoms with Crippen LogP contribution in [0.1, 0.15) is 59.3 Å². The van der Waals surface area contributed by atoms with Crippen molar-refractivity contribution in [2.75, 3.05) is 19.7 Å². The largest absolute Gasteiger partial charge is 0.491 e. The summed E-state index contributed by atoms with van der Waals surface area (Å²) in [6, 6.07) is 7.19. The Kier molecular flexibility index (Phi) is 7.72. The first kappa shape index (κ1) is 31.2. The summed E-state index contributed by atoms with van der Waals surface area (Å²) >= 11 is 7.72. The van der Waals surface area contributed by atoms with Gasteiger partial charge in [-0.05, 0) is 76.1 Å². The molecular formula is C34H35ClF2N4O4S. The van der Waals surface area contributed by atoms with Gasteiger partial charge in [-0.2, -0.15) is 0 Å². The Bertz CT molecular complexity index is 1930. The number of ether oxygens (including phenoxy) is 1. The predicted octanol–water partition coefficient (Wildman–Crippen LogP) is 6.79. The molecule has 3 atom stereocenters. The summed E-state index contributed by atoms with van der Waals surface area (Å²) < 4.78 is 36.7. The van der Waals surface area contributed by atoms with Gasteiger partial charge in [0, 0.05) is 64.3 Å². The number of aromatic carboxylic acids is 1. The molecule has 0 radical (unpaired) electrons. The SMILES string of the molecule is Cc1cc(-c2cc(Cl)ccc2OCCn2c(C)nc3c(c2=O)C[C@](C)(N2C[C@@H]4CC(F)(F)C[C@@H]4C2)CC3)c2scc(C(=O)O)c2n1. The fourth-order valence-corrected chi connectivity index (χ4v) is 8.98. The molecule has 0 amide bonds. The molecule has 0 unspecified atom stereocenters. The average molecular weight is 669 g/mol. The molecule has 2 fully saturated rings. The summed E-state index contributed by atoms with van der Waals surface area (Å²) in [5.41, 5.74) is 3.90. The van der Waals surface area contributed by atoms with Crippen LogP contribution in [0.3, 0.4) is 0 Å². The highest BCUT2D eigenvalue weighted by Gasteiger charge is 2.53. The van der Waals surface area contributed by atoms with E-state index in [1.54, 1.807) is 28.1 Å². The second-order valence-corrected chi connectivity index (χ2v) is 14.7. The Morgan fingerprint density at radius 1 is 1.15 bits per heavy atom. The normalized spacial score (nSPS) is 23.9. The molecule has 1 saturated carbocycles. The quantitative estimate of drug-likeness (QED) is 0.232. The van der Waals surface area contributed by atoms with Gasteiger partial charge in [0.2, 0.25) is 5.92 Å². The van der Waals surface area contributed by atoms with E-state index >= 15 is 0 Å². The molecule has 1 aliphatic heterocycles. The van der Waals surface area contributed by atoms with E-state index < -0.39 is 11.9 Å². The molecule has 242 valence electrons. The van der Waals surface area contributed by atoms with Gasteiger partial charge in [-0.15, -0.1) is 11.3 Å². The zero-order chi connectivity index (χ0) is 32.5. The van der Waals surface area contributed by atoms with Crippen LogP contribution in [0.4, 0.5) is 8.78 Å². The van der Waals surface area contributed by atoms with Gasteiger partial charge in [0.15, 0.2) is 0 Å². The molecule has 4 heterocycles. The lowest BCUT2D eigenvalue weighted by Gasteiger charge is -2.43. The lowest BCUT2D eigenvalue weighted by Crippen LogP contribution is -2.51. The first-order chi connectivity index (χ1) is 21.8. The molecular weight excluding hydrogens is 634 g/mol. The van der Waals surface area contributed by atoms with Gasteiger partial charge in [-0.3, -0.25) is 19.2 Å². The number of aryl methyl sites for hydroxylation is 3. The topological polar surface area (TPSA) is 97.6 Å². The van der Waals surface area contributed by atoms with Crippen LogP contribution in [0.15, 0.2) is 34.4 Å². The summed E-state index contributed by atoms with van der Waals surface area (Å²) in [5.74, 6) is -2.38. The second-order valence-electron chi connectivity index (χ2n) is 13.3. The van der Waals surface area contributed by atoms with Crippen molar-refractivity contribution in [2.24, 2.45) is 11.8 Å². The van der Waals surface area contributed by atoms with E-state index in [9.17, 15) is 23.5 Å². The predicted molar refractivity (Wildman–Crippen MR) is 174 cm³/mol. The maximum absolute atomic E-state index is 14.0. The van der Waals surface area contributed by atoms with Gasteiger partial charge in [-0.1, -0.05) is 11.6 Å². The number of hydrogen-bond acceptors (Lipinski definition) is 7. The van der Waals surface area contributed by atoms with Crippen LogP contribution in [0.2, 0.25) is 5.02 Å². The summed E-state index contributed by atoms with van der Waals surface area (Å²) in [6.45, 7) is 7.59. The van der Waals surface area contributed by atoms with Crippen LogP contribution in [0, 0.1) is 25.7 Å². The molecule has 12 heteroatoms. The third-order valence-electron chi connectivity index (χ3n) is 10.1. The number of hydrogen-bond donors (Lipinski definition) is 1. The highest BCUT2D eigenvalue weighted by atomic mass is 35.5. The Hall–Kier alpha value is -3.41. The fourth-order valence-electron chi connectivity index (χ4n) is 7.80. The minimum Gasteiger partial charge on any atom is -0.491 e. The number of benzene rings is 1. The first-order valence-corrected chi connectivity index (χ1v) is 16.8. The number of rotatable bonds is 7. The van der Waals surface area contributed by atoms with E-state index in [-0.39, 0.29) is 54.5 Å². The number of halogens is 3. The number of carboxylic acid groups (broad SMARTS) is 1. The smallest absolute Gasteiger partial charge is 0.338 e. The molecule has 1 N–H and O–H groups in total. The maximum atomic E-state index is 14.0. The molecule has 7 rings (SSSR count). The van der Waals surface area contributed by atoms with Gasteiger partial charge < -0.3 is 9.84 Å².